The van der Waals surface area contributed by atoms with E-state index in [0.29, 0.717) is 12.0 Å². The van der Waals surface area contributed by atoms with E-state index in [0.717, 1.165) is 12.2 Å². The topological polar surface area (TPSA) is 24.9 Å². The van der Waals surface area contributed by atoms with Gasteiger partial charge in [-0.05, 0) is 36.7 Å². The molecule has 1 aromatic carbocycles. The molecule has 2 nitrogen and oxygen atoms in total. The van der Waals surface area contributed by atoms with Gasteiger partial charge in [0.1, 0.15) is 5.82 Å². The van der Waals surface area contributed by atoms with Crippen molar-refractivity contribution < 1.29 is 4.39 Å². The average molecular weight is 279 g/mol. The Morgan fingerprint density at radius 2 is 2.11 bits per heavy atom. The summed E-state index contributed by atoms with van der Waals surface area (Å²) in [7, 11) is 0. The molecule has 4 heteroatoms. The highest BCUT2D eigenvalue weighted by atomic mass is 35.5. The van der Waals surface area contributed by atoms with E-state index in [2.05, 4.69) is 10.3 Å². The zero-order chi connectivity index (χ0) is 13.7. The fraction of sp³-hybridized carbons (Fsp3) is 0.267. The van der Waals surface area contributed by atoms with Crippen LogP contribution >= 0.6 is 11.6 Å². The first kappa shape index (κ1) is 14.0. The van der Waals surface area contributed by atoms with E-state index in [1.807, 2.05) is 25.1 Å². The first-order valence-corrected chi connectivity index (χ1v) is 6.67. The second-order valence-corrected chi connectivity index (χ2v) is 4.69. The van der Waals surface area contributed by atoms with Gasteiger partial charge in [0, 0.05) is 6.20 Å². The summed E-state index contributed by atoms with van der Waals surface area (Å²) in [6, 6.07) is 10.8. The minimum absolute atomic E-state index is 0.0147. The molecule has 100 valence electrons. The van der Waals surface area contributed by atoms with Crippen LogP contribution in [0.25, 0.3) is 0 Å². The Morgan fingerprint density at radius 1 is 1.26 bits per heavy atom. The molecule has 1 unspecified atom stereocenters. The maximum absolute atomic E-state index is 13.9. The van der Waals surface area contributed by atoms with E-state index in [-0.39, 0.29) is 16.9 Å². The Balaban J connectivity index is 2.24. The molecule has 1 heterocycles. The lowest BCUT2D eigenvalue weighted by atomic mass is 10.0. The van der Waals surface area contributed by atoms with Crippen LogP contribution < -0.4 is 5.32 Å². The van der Waals surface area contributed by atoms with Crippen molar-refractivity contribution >= 4 is 11.6 Å². The Morgan fingerprint density at radius 3 is 2.79 bits per heavy atom. The molecule has 1 aromatic heterocycles. The van der Waals surface area contributed by atoms with Gasteiger partial charge < -0.3 is 5.32 Å². The van der Waals surface area contributed by atoms with Gasteiger partial charge in [-0.1, -0.05) is 36.7 Å². The van der Waals surface area contributed by atoms with Crippen molar-refractivity contribution in [2.45, 2.75) is 19.4 Å². The summed E-state index contributed by atoms with van der Waals surface area (Å²) in [5.74, 6) is -0.344. The molecule has 0 radical (unpaired) electrons. The Bertz CT molecular complexity index is 531. The second-order valence-electron chi connectivity index (χ2n) is 4.28. The van der Waals surface area contributed by atoms with Crippen LogP contribution in [-0.4, -0.2) is 11.5 Å². The monoisotopic (exact) mass is 278 g/mol. The fourth-order valence-electron chi connectivity index (χ4n) is 2.04. The van der Waals surface area contributed by atoms with Gasteiger partial charge in [-0.3, -0.25) is 4.98 Å². The maximum Gasteiger partial charge on any atom is 0.145 e. The van der Waals surface area contributed by atoms with Crippen LogP contribution in [0.1, 0.15) is 24.2 Å². The average Bonchev–Trinajstić information content (AvgIpc) is 2.44. The maximum atomic E-state index is 13.9. The van der Waals surface area contributed by atoms with E-state index >= 15 is 0 Å². The van der Waals surface area contributed by atoms with Crippen molar-refractivity contribution in [1.29, 1.82) is 0 Å². The predicted molar refractivity (Wildman–Crippen MR) is 75.8 cm³/mol. The summed E-state index contributed by atoms with van der Waals surface area (Å²) in [5, 5.41) is 3.48. The number of benzene rings is 1. The van der Waals surface area contributed by atoms with Gasteiger partial charge in [-0.2, -0.15) is 0 Å². The molecule has 0 saturated carbocycles. The van der Waals surface area contributed by atoms with Gasteiger partial charge in [-0.25, -0.2) is 4.39 Å². The number of hydrogen-bond donors (Lipinski definition) is 1. The van der Waals surface area contributed by atoms with Crippen molar-refractivity contribution in [3.63, 3.8) is 0 Å². The molecule has 19 heavy (non-hydrogen) atoms. The van der Waals surface area contributed by atoms with Crippen LogP contribution in [-0.2, 0) is 6.42 Å². The predicted octanol–water partition coefficient (Wildman–Crippen LogP) is 3.77. The summed E-state index contributed by atoms with van der Waals surface area (Å²) in [5.41, 5.74) is 1.51. The lowest BCUT2D eigenvalue weighted by Crippen LogP contribution is -2.24. The molecule has 0 bridgehead atoms. The highest BCUT2D eigenvalue weighted by Gasteiger charge is 2.15. The molecule has 1 atom stereocenters. The van der Waals surface area contributed by atoms with Crippen molar-refractivity contribution in [2.24, 2.45) is 0 Å². The summed E-state index contributed by atoms with van der Waals surface area (Å²) in [6.07, 6.45) is 2.27. The first-order chi connectivity index (χ1) is 9.22. The van der Waals surface area contributed by atoms with E-state index < -0.39 is 0 Å². The van der Waals surface area contributed by atoms with Crippen LogP contribution in [0.15, 0.2) is 42.6 Å². The summed E-state index contributed by atoms with van der Waals surface area (Å²) in [6.45, 7) is 2.81. The number of nitrogens with zero attached hydrogens (tertiary/aromatic N) is 1. The highest BCUT2D eigenvalue weighted by Crippen LogP contribution is 2.23. The SMILES string of the molecule is CCNC(Cc1cccc(Cl)c1F)c1ccccn1. The Kier molecular flexibility index (Phi) is 4.88. The number of aromatic nitrogens is 1. The number of hydrogen-bond acceptors (Lipinski definition) is 2. The Hall–Kier alpha value is -1.45. The van der Waals surface area contributed by atoms with E-state index in [9.17, 15) is 4.39 Å². The number of nitrogens with one attached hydrogen (secondary N) is 1. The molecule has 0 amide bonds. The highest BCUT2D eigenvalue weighted by molar-refractivity contribution is 6.30. The zero-order valence-corrected chi connectivity index (χ0v) is 11.5. The lowest BCUT2D eigenvalue weighted by Gasteiger charge is -2.18. The van der Waals surface area contributed by atoms with Crippen LogP contribution in [0.4, 0.5) is 4.39 Å². The van der Waals surface area contributed by atoms with Crippen LogP contribution in [0.5, 0.6) is 0 Å². The molecule has 0 spiro atoms. The van der Waals surface area contributed by atoms with Gasteiger partial charge in [0.2, 0.25) is 0 Å². The molecule has 0 fully saturated rings. The van der Waals surface area contributed by atoms with Gasteiger partial charge in [-0.15, -0.1) is 0 Å². The lowest BCUT2D eigenvalue weighted by molar-refractivity contribution is 0.518. The third kappa shape index (κ3) is 3.52. The van der Waals surface area contributed by atoms with Crippen LogP contribution in [0.2, 0.25) is 5.02 Å². The van der Waals surface area contributed by atoms with E-state index in [1.54, 1.807) is 24.4 Å². The summed E-state index contributed by atoms with van der Waals surface area (Å²) >= 11 is 5.81. The number of rotatable bonds is 5. The summed E-state index contributed by atoms with van der Waals surface area (Å²) < 4.78 is 13.9. The van der Waals surface area contributed by atoms with E-state index in [1.165, 1.54) is 0 Å². The first-order valence-electron chi connectivity index (χ1n) is 6.29. The molecule has 0 saturated heterocycles. The minimum atomic E-state index is -0.344. The van der Waals surface area contributed by atoms with E-state index in [4.69, 9.17) is 11.6 Å². The Labute approximate surface area is 117 Å². The fourth-order valence-corrected chi connectivity index (χ4v) is 2.23. The molecule has 0 aliphatic carbocycles. The smallest absolute Gasteiger partial charge is 0.145 e. The van der Waals surface area contributed by atoms with Gasteiger partial charge in [0.25, 0.3) is 0 Å². The number of likely N-dealkylation sites (N-methyl/N-ethyl adjacent to an activating group) is 1. The van der Waals surface area contributed by atoms with Crippen LogP contribution in [0.3, 0.4) is 0 Å². The molecular weight excluding hydrogens is 263 g/mol. The second kappa shape index (κ2) is 6.64. The minimum Gasteiger partial charge on any atom is -0.309 e. The van der Waals surface area contributed by atoms with Gasteiger partial charge in [0.15, 0.2) is 0 Å². The largest absolute Gasteiger partial charge is 0.309 e. The van der Waals surface area contributed by atoms with Crippen molar-refractivity contribution in [1.82, 2.24) is 10.3 Å². The third-order valence-corrected chi connectivity index (χ3v) is 3.24. The summed E-state index contributed by atoms with van der Waals surface area (Å²) in [4.78, 5) is 4.33. The quantitative estimate of drug-likeness (QED) is 0.901. The molecule has 2 aromatic rings. The normalized spacial score (nSPS) is 12.4. The molecule has 0 aliphatic heterocycles. The van der Waals surface area contributed by atoms with Crippen molar-refractivity contribution in [2.75, 3.05) is 6.54 Å². The van der Waals surface area contributed by atoms with Gasteiger partial charge in [0.05, 0.1) is 16.8 Å². The number of pyridine rings is 1. The molecular formula is C15H16ClFN2. The molecule has 2 rings (SSSR count). The standard InChI is InChI=1S/C15H16ClFN2/c1-2-18-14(13-8-3-4-9-19-13)10-11-6-5-7-12(16)15(11)17/h3-9,14,18H,2,10H2,1H3. The molecule has 0 aliphatic rings. The number of halogens is 2. The molecule has 1 N–H and O–H groups in total. The van der Waals surface area contributed by atoms with Gasteiger partial charge >= 0.3 is 0 Å². The van der Waals surface area contributed by atoms with Crippen molar-refractivity contribution in [3.8, 4) is 0 Å². The van der Waals surface area contributed by atoms with Crippen molar-refractivity contribution in [3.05, 3.63) is 64.7 Å². The van der Waals surface area contributed by atoms with Crippen LogP contribution in [0, 0.1) is 5.82 Å². The zero-order valence-electron chi connectivity index (χ0n) is 10.7. The third-order valence-electron chi connectivity index (χ3n) is 2.95.